The quantitative estimate of drug-likeness (QED) is 0.724. The number of alkyl halides is 1. The molecular weight excluding hydrogens is 267 g/mol. The number of hydrogen-bond acceptors (Lipinski definition) is 3. The van der Waals surface area contributed by atoms with Gasteiger partial charge in [-0.25, -0.2) is 8.42 Å². The van der Waals surface area contributed by atoms with Gasteiger partial charge in [0, 0.05) is 26.2 Å². The molecule has 1 aliphatic rings. The van der Waals surface area contributed by atoms with E-state index in [9.17, 15) is 8.42 Å². The van der Waals surface area contributed by atoms with Gasteiger partial charge in [-0.3, -0.25) is 0 Å². The van der Waals surface area contributed by atoms with Crippen molar-refractivity contribution in [2.45, 2.75) is 0 Å². The Kier molecular flexibility index (Phi) is 5.67. The molecule has 1 aliphatic heterocycles. The standard InChI is InChI=1S/C5H11BrN2O2S.ClH/c6-5-11(9,10)8-3-1-7-2-4-8;/h7H,1-5H2;1H. The van der Waals surface area contributed by atoms with Crippen molar-refractivity contribution < 1.29 is 8.42 Å². The highest BCUT2D eigenvalue weighted by atomic mass is 79.9. The first-order chi connectivity index (χ1) is 5.17. The average molecular weight is 280 g/mol. The Bertz CT molecular complexity index is 215. The molecule has 1 N–H and O–H groups in total. The summed E-state index contributed by atoms with van der Waals surface area (Å²) in [5.41, 5.74) is 0. The van der Waals surface area contributed by atoms with Crippen molar-refractivity contribution in [2.24, 2.45) is 0 Å². The zero-order valence-corrected chi connectivity index (χ0v) is 9.71. The van der Waals surface area contributed by atoms with Crippen molar-refractivity contribution in [3.05, 3.63) is 0 Å². The third kappa shape index (κ3) is 3.18. The molecule has 7 heteroatoms. The molecule has 0 saturated carbocycles. The monoisotopic (exact) mass is 278 g/mol. The molecule has 0 aliphatic carbocycles. The fraction of sp³-hybridized carbons (Fsp3) is 1.00. The predicted octanol–water partition coefficient (Wildman–Crippen LogP) is -0.00440. The van der Waals surface area contributed by atoms with Gasteiger partial charge in [-0.15, -0.1) is 12.4 Å². The maximum Gasteiger partial charge on any atom is 0.224 e. The van der Waals surface area contributed by atoms with Crippen LogP contribution in [0, 0.1) is 0 Å². The largest absolute Gasteiger partial charge is 0.314 e. The molecule has 1 fully saturated rings. The molecule has 12 heavy (non-hydrogen) atoms. The van der Waals surface area contributed by atoms with Gasteiger partial charge in [0.15, 0.2) is 0 Å². The predicted molar refractivity (Wildman–Crippen MR) is 54.4 cm³/mol. The molecular formula is C5H12BrClN2O2S. The fourth-order valence-electron chi connectivity index (χ4n) is 0.991. The maximum absolute atomic E-state index is 11.2. The second-order valence-electron chi connectivity index (χ2n) is 2.37. The lowest BCUT2D eigenvalue weighted by molar-refractivity contribution is 0.362. The van der Waals surface area contributed by atoms with Crippen molar-refractivity contribution in [1.82, 2.24) is 9.62 Å². The smallest absolute Gasteiger partial charge is 0.224 e. The van der Waals surface area contributed by atoms with E-state index in [0.29, 0.717) is 13.1 Å². The number of hydrogen-bond donors (Lipinski definition) is 1. The van der Waals surface area contributed by atoms with E-state index < -0.39 is 10.0 Å². The van der Waals surface area contributed by atoms with Crippen LogP contribution < -0.4 is 5.32 Å². The molecule has 0 amide bonds. The molecule has 0 radical (unpaired) electrons. The van der Waals surface area contributed by atoms with E-state index in [4.69, 9.17) is 0 Å². The van der Waals surface area contributed by atoms with Crippen molar-refractivity contribution >= 4 is 38.4 Å². The van der Waals surface area contributed by atoms with Gasteiger partial charge in [0.25, 0.3) is 0 Å². The Morgan fingerprint density at radius 1 is 1.33 bits per heavy atom. The molecule has 0 aromatic rings. The van der Waals surface area contributed by atoms with Crippen molar-refractivity contribution in [1.29, 1.82) is 0 Å². The summed E-state index contributed by atoms with van der Waals surface area (Å²) in [5, 5.41) is 3.09. The molecule has 1 saturated heterocycles. The Labute approximate surface area is 87.3 Å². The van der Waals surface area contributed by atoms with Crippen LogP contribution in [0.25, 0.3) is 0 Å². The van der Waals surface area contributed by atoms with Crippen LogP contribution in [0.4, 0.5) is 0 Å². The molecule has 1 rings (SSSR count). The molecule has 74 valence electrons. The summed E-state index contributed by atoms with van der Waals surface area (Å²) >= 11 is 2.96. The highest BCUT2D eigenvalue weighted by Gasteiger charge is 2.21. The fourth-order valence-corrected chi connectivity index (χ4v) is 2.74. The van der Waals surface area contributed by atoms with Crippen LogP contribution in [0.15, 0.2) is 0 Å². The second kappa shape index (κ2) is 5.39. The van der Waals surface area contributed by atoms with Gasteiger partial charge >= 0.3 is 0 Å². The minimum Gasteiger partial charge on any atom is -0.314 e. The van der Waals surface area contributed by atoms with Gasteiger partial charge < -0.3 is 5.32 Å². The van der Waals surface area contributed by atoms with Gasteiger partial charge in [-0.05, 0) is 0 Å². The van der Waals surface area contributed by atoms with E-state index >= 15 is 0 Å². The van der Waals surface area contributed by atoms with Crippen LogP contribution in [-0.4, -0.2) is 43.6 Å². The number of nitrogens with one attached hydrogen (secondary N) is 1. The first-order valence-corrected chi connectivity index (χ1v) is 6.14. The van der Waals surface area contributed by atoms with Gasteiger partial charge in [0.1, 0.15) is 4.66 Å². The summed E-state index contributed by atoms with van der Waals surface area (Å²) in [6.07, 6.45) is 0. The molecule has 4 nitrogen and oxygen atoms in total. The van der Waals surface area contributed by atoms with Crippen LogP contribution in [0.5, 0.6) is 0 Å². The molecule has 0 unspecified atom stereocenters. The van der Waals surface area contributed by atoms with Crippen molar-refractivity contribution in [3.8, 4) is 0 Å². The Morgan fingerprint density at radius 3 is 2.25 bits per heavy atom. The number of rotatable bonds is 2. The SMILES string of the molecule is Cl.O=S(=O)(CBr)N1CCNCC1. The van der Waals surface area contributed by atoms with E-state index in [0.717, 1.165) is 13.1 Å². The third-order valence-electron chi connectivity index (χ3n) is 1.61. The molecule has 0 aromatic carbocycles. The number of halogens is 2. The van der Waals surface area contributed by atoms with Crippen LogP contribution >= 0.6 is 28.3 Å². The average Bonchev–Trinajstić information content (AvgIpc) is 2.06. The minimum absolute atomic E-state index is 0. The minimum atomic E-state index is -3.01. The topological polar surface area (TPSA) is 49.4 Å². The number of nitrogens with zero attached hydrogens (tertiary/aromatic N) is 1. The normalized spacial score (nSPS) is 20.1. The highest BCUT2D eigenvalue weighted by molar-refractivity contribution is 9.10. The summed E-state index contributed by atoms with van der Waals surface area (Å²) in [6.45, 7) is 2.69. The summed E-state index contributed by atoms with van der Waals surface area (Å²) in [4.78, 5) is 0. The van der Waals surface area contributed by atoms with Gasteiger partial charge in [0.05, 0.1) is 0 Å². The molecule has 0 bridgehead atoms. The number of piperazine rings is 1. The van der Waals surface area contributed by atoms with E-state index in [1.807, 2.05) is 0 Å². The van der Waals surface area contributed by atoms with Crippen LogP contribution in [0.2, 0.25) is 0 Å². The molecule has 0 atom stereocenters. The highest BCUT2D eigenvalue weighted by Crippen LogP contribution is 2.05. The van der Waals surface area contributed by atoms with Crippen LogP contribution in [0.1, 0.15) is 0 Å². The first-order valence-electron chi connectivity index (χ1n) is 3.41. The third-order valence-corrected chi connectivity index (χ3v) is 4.77. The number of sulfonamides is 1. The van der Waals surface area contributed by atoms with E-state index in [1.165, 1.54) is 4.31 Å². The lowest BCUT2D eigenvalue weighted by atomic mass is 10.4. The van der Waals surface area contributed by atoms with Gasteiger partial charge in [-0.1, -0.05) is 15.9 Å². The Hall–Kier alpha value is 0.640. The zero-order valence-electron chi connectivity index (χ0n) is 6.49. The lowest BCUT2D eigenvalue weighted by Crippen LogP contribution is -2.46. The van der Waals surface area contributed by atoms with Crippen LogP contribution in [-0.2, 0) is 10.0 Å². The van der Waals surface area contributed by atoms with Gasteiger partial charge in [0.2, 0.25) is 10.0 Å². The second-order valence-corrected chi connectivity index (χ2v) is 5.64. The summed E-state index contributed by atoms with van der Waals surface area (Å²) in [6, 6.07) is 0. The molecule has 1 heterocycles. The lowest BCUT2D eigenvalue weighted by Gasteiger charge is -2.25. The Balaban J connectivity index is 0.00000121. The summed E-state index contributed by atoms with van der Waals surface area (Å²) in [5.74, 6) is 0. The first kappa shape index (κ1) is 12.6. The Morgan fingerprint density at radius 2 is 1.83 bits per heavy atom. The zero-order chi connectivity index (χ0) is 8.32. The van der Waals surface area contributed by atoms with Crippen LogP contribution in [0.3, 0.4) is 0 Å². The van der Waals surface area contributed by atoms with Crippen molar-refractivity contribution in [2.75, 3.05) is 30.8 Å². The van der Waals surface area contributed by atoms with E-state index in [-0.39, 0.29) is 17.1 Å². The molecule has 0 aromatic heterocycles. The maximum atomic E-state index is 11.2. The van der Waals surface area contributed by atoms with E-state index in [2.05, 4.69) is 21.2 Å². The summed E-state index contributed by atoms with van der Waals surface area (Å²) in [7, 11) is -3.01. The van der Waals surface area contributed by atoms with Gasteiger partial charge in [-0.2, -0.15) is 4.31 Å². The van der Waals surface area contributed by atoms with Crippen molar-refractivity contribution in [3.63, 3.8) is 0 Å². The summed E-state index contributed by atoms with van der Waals surface area (Å²) < 4.78 is 23.9. The molecule has 0 spiro atoms. The van der Waals surface area contributed by atoms with E-state index in [1.54, 1.807) is 0 Å².